The van der Waals surface area contributed by atoms with Crippen molar-refractivity contribution >= 4 is 29.7 Å². The number of carboxylic acids is 1. The van der Waals surface area contributed by atoms with Crippen LogP contribution in [-0.2, 0) is 9.59 Å². The van der Waals surface area contributed by atoms with Gasteiger partial charge in [0.05, 0.1) is 0 Å². The van der Waals surface area contributed by atoms with Crippen molar-refractivity contribution in [2.24, 2.45) is 5.73 Å². The average Bonchev–Trinajstić information content (AvgIpc) is 3.12. The highest BCUT2D eigenvalue weighted by atomic mass is 32.2. The van der Waals surface area contributed by atoms with Crippen LogP contribution in [0.15, 0.2) is 0 Å². The van der Waals surface area contributed by atoms with Crippen LogP contribution in [0.3, 0.4) is 0 Å². The van der Waals surface area contributed by atoms with Gasteiger partial charge in [0.2, 0.25) is 5.91 Å². The normalized spacial score (nSPS) is 17.3. The maximum Gasteiger partial charge on any atom is 0.326 e. The summed E-state index contributed by atoms with van der Waals surface area (Å²) in [7, 11) is 0. The lowest BCUT2D eigenvalue weighted by atomic mass is 10.1. The average molecular weight is 289 g/mol. The van der Waals surface area contributed by atoms with Crippen molar-refractivity contribution in [3.05, 3.63) is 0 Å². The van der Waals surface area contributed by atoms with Crippen molar-refractivity contribution in [2.45, 2.75) is 36.5 Å². The van der Waals surface area contributed by atoms with Crippen molar-refractivity contribution in [2.75, 3.05) is 12.8 Å². The highest BCUT2D eigenvalue weighted by Crippen LogP contribution is 2.46. The summed E-state index contributed by atoms with van der Waals surface area (Å²) in [6.07, 6.45) is 4.01. The lowest BCUT2D eigenvalue weighted by Gasteiger charge is -2.17. The number of carbonyl (C=O) groups excluding carboxylic acids is 2. The van der Waals surface area contributed by atoms with Crippen LogP contribution in [0.4, 0.5) is 4.79 Å². The number of nitrogens with two attached hydrogens (primary N) is 1. The number of nitrogens with one attached hydrogen (secondary N) is 2. The largest absolute Gasteiger partial charge is 0.480 e. The third kappa shape index (κ3) is 5.37. The number of hydrogen-bond donors (Lipinski definition) is 4. The molecule has 0 aromatic rings. The van der Waals surface area contributed by atoms with E-state index in [1.807, 2.05) is 6.26 Å². The molecule has 0 aliphatic heterocycles. The van der Waals surface area contributed by atoms with Gasteiger partial charge in [0.1, 0.15) is 6.04 Å². The number of carbonyl (C=O) groups is 3. The van der Waals surface area contributed by atoms with Gasteiger partial charge in [0, 0.05) is 17.7 Å². The lowest BCUT2D eigenvalue weighted by Crippen LogP contribution is -2.47. The number of thioether (sulfide) groups is 1. The summed E-state index contributed by atoms with van der Waals surface area (Å²) in [6.45, 7) is 0.516. The van der Waals surface area contributed by atoms with Gasteiger partial charge in [-0.15, -0.1) is 0 Å². The number of amides is 3. The zero-order valence-corrected chi connectivity index (χ0v) is 11.6. The lowest BCUT2D eigenvalue weighted by molar-refractivity contribution is -0.139. The molecular formula is C11H19N3O4S. The Hall–Kier alpha value is -1.44. The highest BCUT2D eigenvalue weighted by Gasteiger charge is 2.42. The fourth-order valence-corrected chi connectivity index (χ4v) is 2.31. The minimum atomic E-state index is -1.18. The van der Waals surface area contributed by atoms with Crippen molar-refractivity contribution in [3.8, 4) is 0 Å². The van der Waals surface area contributed by atoms with Crippen LogP contribution in [0.25, 0.3) is 0 Å². The first-order valence-electron chi connectivity index (χ1n) is 5.99. The van der Waals surface area contributed by atoms with E-state index in [1.165, 1.54) is 0 Å². The SMILES string of the molecule is CSC1(CNC(=O)N[C@H](CCC(N)=O)C(=O)O)CC1. The van der Waals surface area contributed by atoms with E-state index >= 15 is 0 Å². The van der Waals surface area contributed by atoms with Gasteiger partial charge in [0.25, 0.3) is 0 Å². The first-order chi connectivity index (χ1) is 8.88. The van der Waals surface area contributed by atoms with Gasteiger partial charge in [-0.05, 0) is 25.5 Å². The Balaban J connectivity index is 2.34. The predicted octanol–water partition coefficient (Wildman–Crippen LogP) is -0.100. The first-order valence-corrected chi connectivity index (χ1v) is 7.22. The molecule has 1 fully saturated rings. The van der Waals surface area contributed by atoms with Crippen LogP contribution in [0, 0.1) is 0 Å². The zero-order valence-electron chi connectivity index (χ0n) is 10.8. The monoisotopic (exact) mass is 289 g/mol. The number of hydrogen-bond acceptors (Lipinski definition) is 4. The van der Waals surface area contributed by atoms with E-state index in [4.69, 9.17) is 10.8 Å². The second kappa shape index (κ2) is 6.65. The van der Waals surface area contributed by atoms with Gasteiger partial charge >= 0.3 is 12.0 Å². The van der Waals surface area contributed by atoms with Gasteiger partial charge in [-0.25, -0.2) is 9.59 Å². The van der Waals surface area contributed by atoms with E-state index in [2.05, 4.69) is 10.6 Å². The number of aliphatic carboxylic acids is 1. The molecule has 1 aliphatic rings. The topological polar surface area (TPSA) is 122 Å². The summed E-state index contributed by atoms with van der Waals surface area (Å²) in [5.74, 6) is -1.77. The summed E-state index contributed by atoms with van der Waals surface area (Å²) in [4.78, 5) is 33.1. The summed E-state index contributed by atoms with van der Waals surface area (Å²) in [5.41, 5.74) is 4.95. The summed E-state index contributed by atoms with van der Waals surface area (Å²) >= 11 is 1.70. The van der Waals surface area contributed by atoms with Crippen LogP contribution in [0.5, 0.6) is 0 Å². The quantitative estimate of drug-likeness (QED) is 0.497. The Morgan fingerprint density at radius 1 is 1.42 bits per heavy atom. The molecule has 0 heterocycles. The molecule has 1 rings (SSSR count). The third-order valence-corrected chi connectivity index (χ3v) is 4.51. The second-order valence-electron chi connectivity index (χ2n) is 4.61. The van der Waals surface area contributed by atoms with Crippen molar-refractivity contribution in [1.29, 1.82) is 0 Å². The molecule has 1 aliphatic carbocycles. The molecule has 1 saturated carbocycles. The second-order valence-corrected chi connectivity index (χ2v) is 5.88. The third-order valence-electron chi connectivity index (χ3n) is 3.09. The molecule has 1 atom stereocenters. The van der Waals surface area contributed by atoms with E-state index in [0.717, 1.165) is 12.8 Å². The Morgan fingerprint density at radius 3 is 2.47 bits per heavy atom. The minimum absolute atomic E-state index is 0.00818. The maximum atomic E-state index is 11.6. The summed E-state index contributed by atoms with van der Waals surface area (Å²) < 4.78 is 0.114. The molecule has 0 unspecified atom stereocenters. The Morgan fingerprint density at radius 2 is 2.05 bits per heavy atom. The molecule has 0 bridgehead atoms. The van der Waals surface area contributed by atoms with Gasteiger partial charge in [-0.3, -0.25) is 4.79 Å². The van der Waals surface area contributed by atoms with Crippen LogP contribution in [0.1, 0.15) is 25.7 Å². The molecule has 7 nitrogen and oxygen atoms in total. The van der Waals surface area contributed by atoms with E-state index in [0.29, 0.717) is 6.54 Å². The molecule has 3 amide bonds. The summed E-state index contributed by atoms with van der Waals surface area (Å²) in [6, 6.07) is -1.63. The fourth-order valence-electron chi connectivity index (χ4n) is 1.59. The Kier molecular flexibility index (Phi) is 5.46. The molecule has 8 heteroatoms. The van der Waals surface area contributed by atoms with Crippen molar-refractivity contribution in [1.82, 2.24) is 10.6 Å². The summed E-state index contributed by atoms with van der Waals surface area (Å²) in [5, 5.41) is 13.9. The number of primary amides is 1. The van der Waals surface area contributed by atoms with Gasteiger partial charge in [-0.2, -0.15) is 11.8 Å². The van der Waals surface area contributed by atoms with Crippen LogP contribution in [-0.4, -0.2) is 46.6 Å². The molecule has 0 saturated heterocycles. The zero-order chi connectivity index (χ0) is 14.5. The highest BCUT2D eigenvalue weighted by molar-refractivity contribution is 8.00. The molecular weight excluding hydrogens is 270 g/mol. The van der Waals surface area contributed by atoms with E-state index in [1.54, 1.807) is 11.8 Å². The van der Waals surface area contributed by atoms with E-state index in [9.17, 15) is 14.4 Å². The standard InChI is InChI=1S/C11H19N3O4S/c1-19-11(4-5-11)6-13-10(18)14-7(9(16)17)2-3-8(12)15/h7H,2-6H2,1H3,(H2,12,15)(H,16,17)(H2,13,14,18)/t7-/m1/s1. The molecule has 5 N–H and O–H groups in total. The number of carboxylic acid groups (broad SMARTS) is 1. The van der Waals surface area contributed by atoms with Gasteiger partial charge < -0.3 is 21.5 Å². The Labute approximate surface area is 115 Å². The maximum absolute atomic E-state index is 11.6. The molecule has 108 valence electrons. The molecule has 0 aromatic heterocycles. The molecule has 0 aromatic carbocycles. The molecule has 0 radical (unpaired) electrons. The molecule has 19 heavy (non-hydrogen) atoms. The van der Waals surface area contributed by atoms with E-state index in [-0.39, 0.29) is 17.6 Å². The van der Waals surface area contributed by atoms with Crippen LogP contribution >= 0.6 is 11.8 Å². The van der Waals surface area contributed by atoms with Gasteiger partial charge in [0.15, 0.2) is 0 Å². The minimum Gasteiger partial charge on any atom is -0.480 e. The number of urea groups is 1. The molecule has 0 spiro atoms. The van der Waals surface area contributed by atoms with Crippen LogP contribution < -0.4 is 16.4 Å². The smallest absolute Gasteiger partial charge is 0.326 e. The van der Waals surface area contributed by atoms with Gasteiger partial charge in [-0.1, -0.05) is 0 Å². The first kappa shape index (κ1) is 15.6. The fraction of sp³-hybridized carbons (Fsp3) is 0.727. The van der Waals surface area contributed by atoms with Crippen molar-refractivity contribution < 1.29 is 19.5 Å². The van der Waals surface area contributed by atoms with E-state index < -0.39 is 23.9 Å². The van der Waals surface area contributed by atoms with Crippen LogP contribution in [0.2, 0.25) is 0 Å². The Bertz CT molecular complexity index is 371. The predicted molar refractivity (Wildman–Crippen MR) is 71.9 cm³/mol. The number of rotatable bonds is 8. The van der Waals surface area contributed by atoms with Crippen molar-refractivity contribution in [3.63, 3.8) is 0 Å².